The van der Waals surface area contributed by atoms with Gasteiger partial charge in [-0.05, 0) is 19.9 Å². The molecule has 0 fully saturated rings. The molecule has 120 valence electrons. The highest BCUT2D eigenvalue weighted by atomic mass is 15.2. The van der Waals surface area contributed by atoms with Gasteiger partial charge in [0.15, 0.2) is 0 Å². The molecule has 0 aromatic carbocycles. The Kier molecular flexibility index (Phi) is 7.65. The van der Waals surface area contributed by atoms with E-state index in [1.54, 1.807) is 0 Å². The second-order valence-electron chi connectivity index (χ2n) is 5.97. The molecule has 4 nitrogen and oxygen atoms in total. The van der Waals surface area contributed by atoms with Gasteiger partial charge in [-0.2, -0.15) is 0 Å². The standard InChI is InChI=1S/C17H32N4/c1-7-14(8-2)12-21(9-3)16-11-19-17(13(4)5)20-15(16)10-18-6/h11,13-14,18H,7-10,12H2,1-6H3. The van der Waals surface area contributed by atoms with Crippen molar-refractivity contribution >= 4 is 5.69 Å². The van der Waals surface area contributed by atoms with Crippen LogP contribution >= 0.6 is 0 Å². The molecule has 0 atom stereocenters. The summed E-state index contributed by atoms with van der Waals surface area (Å²) in [5.41, 5.74) is 2.30. The predicted octanol–water partition coefficient (Wildman–Crippen LogP) is 3.58. The maximum Gasteiger partial charge on any atom is 0.131 e. The zero-order chi connectivity index (χ0) is 15.8. The maximum absolute atomic E-state index is 4.77. The van der Waals surface area contributed by atoms with Crippen LogP contribution in [0.2, 0.25) is 0 Å². The van der Waals surface area contributed by atoms with Gasteiger partial charge in [0, 0.05) is 25.6 Å². The Hall–Kier alpha value is -1.16. The Labute approximate surface area is 130 Å². The van der Waals surface area contributed by atoms with Crippen molar-refractivity contribution < 1.29 is 0 Å². The van der Waals surface area contributed by atoms with Crippen molar-refractivity contribution in [2.24, 2.45) is 5.92 Å². The quantitative estimate of drug-likeness (QED) is 0.755. The van der Waals surface area contributed by atoms with Gasteiger partial charge < -0.3 is 10.2 Å². The zero-order valence-corrected chi connectivity index (χ0v) is 14.6. The average Bonchev–Trinajstić information content (AvgIpc) is 2.49. The molecule has 0 aliphatic rings. The summed E-state index contributed by atoms with van der Waals surface area (Å²) in [5.74, 6) is 2.03. The summed E-state index contributed by atoms with van der Waals surface area (Å²) in [6, 6.07) is 0. The molecule has 0 radical (unpaired) electrons. The number of rotatable bonds is 9. The Balaban J connectivity index is 3.06. The summed E-state index contributed by atoms with van der Waals surface area (Å²) in [7, 11) is 1.97. The first kappa shape index (κ1) is 17.9. The van der Waals surface area contributed by atoms with Gasteiger partial charge in [-0.3, -0.25) is 0 Å². The summed E-state index contributed by atoms with van der Waals surface area (Å²) >= 11 is 0. The van der Waals surface area contributed by atoms with Gasteiger partial charge >= 0.3 is 0 Å². The van der Waals surface area contributed by atoms with E-state index in [4.69, 9.17) is 4.98 Å². The molecule has 0 amide bonds. The van der Waals surface area contributed by atoms with Crippen molar-refractivity contribution in [2.45, 2.75) is 59.9 Å². The lowest BCUT2D eigenvalue weighted by atomic mass is 10.0. The first-order valence-electron chi connectivity index (χ1n) is 8.32. The molecule has 1 aromatic rings. The average molecular weight is 292 g/mol. The molecule has 0 saturated heterocycles. The Bertz CT molecular complexity index is 413. The van der Waals surface area contributed by atoms with E-state index in [1.807, 2.05) is 13.2 Å². The summed E-state index contributed by atoms with van der Waals surface area (Å²) in [6.45, 7) is 13.9. The normalized spacial score (nSPS) is 11.4. The van der Waals surface area contributed by atoms with E-state index in [1.165, 1.54) is 18.5 Å². The molecule has 0 unspecified atom stereocenters. The van der Waals surface area contributed by atoms with E-state index < -0.39 is 0 Å². The van der Waals surface area contributed by atoms with Crippen LogP contribution in [-0.4, -0.2) is 30.1 Å². The molecule has 21 heavy (non-hydrogen) atoms. The van der Waals surface area contributed by atoms with Crippen molar-refractivity contribution in [3.05, 3.63) is 17.7 Å². The second-order valence-corrected chi connectivity index (χ2v) is 5.97. The van der Waals surface area contributed by atoms with Gasteiger partial charge in [-0.15, -0.1) is 0 Å². The van der Waals surface area contributed by atoms with Crippen LogP contribution in [0.15, 0.2) is 6.20 Å². The largest absolute Gasteiger partial charge is 0.369 e. The lowest BCUT2D eigenvalue weighted by Crippen LogP contribution is -2.31. The number of anilines is 1. The van der Waals surface area contributed by atoms with Gasteiger partial charge in [0.05, 0.1) is 17.6 Å². The van der Waals surface area contributed by atoms with Gasteiger partial charge in [-0.1, -0.05) is 40.5 Å². The first-order chi connectivity index (χ1) is 10.1. The molecule has 1 heterocycles. The van der Waals surface area contributed by atoms with Crippen LogP contribution in [0, 0.1) is 5.92 Å². The third-order valence-corrected chi connectivity index (χ3v) is 4.08. The molecule has 1 N–H and O–H groups in total. The number of nitrogens with zero attached hydrogens (tertiary/aromatic N) is 3. The number of nitrogens with one attached hydrogen (secondary N) is 1. The van der Waals surface area contributed by atoms with E-state index in [9.17, 15) is 0 Å². The summed E-state index contributed by atoms with van der Waals surface area (Å²) in [5, 5.41) is 3.23. The van der Waals surface area contributed by atoms with Crippen LogP contribution < -0.4 is 10.2 Å². The van der Waals surface area contributed by atoms with Crippen molar-refractivity contribution in [1.82, 2.24) is 15.3 Å². The number of aromatic nitrogens is 2. The van der Waals surface area contributed by atoms with E-state index in [0.717, 1.165) is 37.1 Å². The Morgan fingerprint density at radius 2 is 1.86 bits per heavy atom. The highest BCUT2D eigenvalue weighted by Gasteiger charge is 2.16. The van der Waals surface area contributed by atoms with E-state index >= 15 is 0 Å². The van der Waals surface area contributed by atoms with Crippen molar-refractivity contribution in [3.8, 4) is 0 Å². The van der Waals surface area contributed by atoms with Crippen molar-refractivity contribution in [2.75, 3.05) is 25.0 Å². The predicted molar refractivity (Wildman–Crippen MR) is 90.8 cm³/mol. The number of hydrogen-bond acceptors (Lipinski definition) is 4. The Morgan fingerprint density at radius 1 is 1.19 bits per heavy atom. The van der Waals surface area contributed by atoms with E-state index in [0.29, 0.717) is 5.92 Å². The SMILES string of the molecule is CCC(CC)CN(CC)c1cnc(C(C)C)nc1CNC. The summed E-state index contributed by atoms with van der Waals surface area (Å²) in [6.07, 6.45) is 4.46. The minimum absolute atomic E-state index is 0.365. The summed E-state index contributed by atoms with van der Waals surface area (Å²) < 4.78 is 0. The van der Waals surface area contributed by atoms with Crippen LogP contribution in [0.5, 0.6) is 0 Å². The fourth-order valence-corrected chi connectivity index (χ4v) is 2.52. The summed E-state index contributed by atoms with van der Waals surface area (Å²) in [4.78, 5) is 11.8. The van der Waals surface area contributed by atoms with E-state index in [2.05, 4.69) is 49.8 Å². The topological polar surface area (TPSA) is 41.1 Å². The molecule has 0 aliphatic heterocycles. The fraction of sp³-hybridized carbons (Fsp3) is 0.765. The lowest BCUT2D eigenvalue weighted by Gasteiger charge is -2.29. The van der Waals surface area contributed by atoms with Gasteiger partial charge in [0.25, 0.3) is 0 Å². The molecule has 4 heteroatoms. The smallest absolute Gasteiger partial charge is 0.131 e. The molecule has 1 aromatic heterocycles. The van der Waals surface area contributed by atoms with Gasteiger partial charge in [0.1, 0.15) is 5.82 Å². The molecule has 0 spiro atoms. The van der Waals surface area contributed by atoms with E-state index in [-0.39, 0.29) is 0 Å². The molecule has 0 saturated carbocycles. The van der Waals surface area contributed by atoms with Crippen LogP contribution in [0.1, 0.15) is 64.9 Å². The van der Waals surface area contributed by atoms with Crippen LogP contribution in [0.3, 0.4) is 0 Å². The Morgan fingerprint density at radius 3 is 2.33 bits per heavy atom. The minimum Gasteiger partial charge on any atom is -0.369 e. The van der Waals surface area contributed by atoms with Gasteiger partial charge in [-0.25, -0.2) is 9.97 Å². The lowest BCUT2D eigenvalue weighted by molar-refractivity contribution is 0.484. The van der Waals surface area contributed by atoms with Crippen LogP contribution in [-0.2, 0) is 6.54 Å². The monoisotopic (exact) mass is 292 g/mol. The first-order valence-corrected chi connectivity index (χ1v) is 8.32. The molecule has 0 bridgehead atoms. The van der Waals surface area contributed by atoms with Gasteiger partial charge in [0.2, 0.25) is 0 Å². The van der Waals surface area contributed by atoms with Crippen molar-refractivity contribution in [3.63, 3.8) is 0 Å². The molecular weight excluding hydrogens is 260 g/mol. The highest BCUT2D eigenvalue weighted by molar-refractivity contribution is 5.49. The second kappa shape index (κ2) is 8.98. The van der Waals surface area contributed by atoms with Crippen LogP contribution in [0.25, 0.3) is 0 Å². The highest BCUT2D eigenvalue weighted by Crippen LogP contribution is 2.23. The maximum atomic E-state index is 4.77. The van der Waals surface area contributed by atoms with Crippen LogP contribution in [0.4, 0.5) is 5.69 Å². The van der Waals surface area contributed by atoms with Crippen molar-refractivity contribution in [1.29, 1.82) is 0 Å². The molecule has 0 aliphatic carbocycles. The third-order valence-electron chi connectivity index (χ3n) is 4.08. The minimum atomic E-state index is 0.365. The zero-order valence-electron chi connectivity index (χ0n) is 14.6. The molecular formula is C17H32N4. The number of hydrogen-bond donors (Lipinski definition) is 1. The third kappa shape index (κ3) is 4.95. The fourth-order valence-electron chi connectivity index (χ4n) is 2.52. The molecule has 1 rings (SSSR count).